The maximum atomic E-state index is 12.1. The number of carbonyl (C=O) groups excluding carboxylic acids is 1. The van der Waals surface area contributed by atoms with Crippen LogP contribution >= 0.6 is 0 Å². The lowest BCUT2D eigenvalue weighted by Gasteiger charge is -2.28. The summed E-state index contributed by atoms with van der Waals surface area (Å²) in [7, 11) is 0. The number of non-ortho nitro benzene ring substituents is 1. The van der Waals surface area contributed by atoms with Gasteiger partial charge in [0.15, 0.2) is 0 Å². The number of rotatable bonds is 4. The number of fused-ring (bicyclic) bond motifs is 1. The number of nitro benzene ring substituents is 1. The molecule has 0 unspecified atom stereocenters. The molecule has 0 saturated carbocycles. The van der Waals surface area contributed by atoms with Gasteiger partial charge in [-0.05, 0) is 29.7 Å². The molecule has 0 bridgehead atoms. The van der Waals surface area contributed by atoms with E-state index in [2.05, 4.69) is 22.3 Å². The van der Waals surface area contributed by atoms with Crippen molar-refractivity contribution in [1.82, 2.24) is 4.90 Å². The Morgan fingerprint density at radius 3 is 2.52 bits per heavy atom. The molecule has 118 valence electrons. The fraction of sp³-hybridized carbons (Fsp3) is 0.235. The van der Waals surface area contributed by atoms with Crippen molar-refractivity contribution in [3.05, 3.63) is 69.8 Å². The molecule has 0 aromatic heterocycles. The molecule has 1 aliphatic rings. The van der Waals surface area contributed by atoms with E-state index in [1.54, 1.807) is 12.1 Å². The van der Waals surface area contributed by atoms with Crippen LogP contribution in [0.5, 0.6) is 0 Å². The largest absolute Gasteiger partial charge is 0.325 e. The Morgan fingerprint density at radius 1 is 1.13 bits per heavy atom. The zero-order chi connectivity index (χ0) is 16.2. The van der Waals surface area contributed by atoms with Crippen LogP contribution in [0.15, 0.2) is 48.5 Å². The molecule has 0 saturated heterocycles. The fourth-order valence-electron chi connectivity index (χ4n) is 2.76. The number of hydrogen-bond acceptors (Lipinski definition) is 4. The van der Waals surface area contributed by atoms with Crippen LogP contribution < -0.4 is 5.32 Å². The normalized spacial score (nSPS) is 14.1. The van der Waals surface area contributed by atoms with E-state index >= 15 is 0 Å². The van der Waals surface area contributed by atoms with Gasteiger partial charge in [0.05, 0.1) is 11.5 Å². The Bertz CT molecular complexity index is 728. The molecule has 0 spiro atoms. The number of amides is 1. The van der Waals surface area contributed by atoms with Gasteiger partial charge in [-0.2, -0.15) is 0 Å². The van der Waals surface area contributed by atoms with Crippen LogP contribution in [0.2, 0.25) is 0 Å². The second-order valence-corrected chi connectivity index (χ2v) is 5.58. The summed E-state index contributed by atoms with van der Waals surface area (Å²) in [6.07, 6.45) is 0.945. The molecule has 1 aliphatic heterocycles. The third kappa shape index (κ3) is 3.73. The van der Waals surface area contributed by atoms with E-state index in [1.165, 1.54) is 23.3 Å². The highest BCUT2D eigenvalue weighted by molar-refractivity contribution is 5.92. The van der Waals surface area contributed by atoms with Crippen molar-refractivity contribution in [2.24, 2.45) is 0 Å². The average Bonchev–Trinajstić information content (AvgIpc) is 2.55. The zero-order valence-corrected chi connectivity index (χ0v) is 12.6. The summed E-state index contributed by atoms with van der Waals surface area (Å²) in [6.45, 7) is 1.93. The van der Waals surface area contributed by atoms with Gasteiger partial charge in [0, 0.05) is 30.9 Å². The Balaban J connectivity index is 1.57. The monoisotopic (exact) mass is 311 g/mol. The van der Waals surface area contributed by atoms with E-state index in [9.17, 15) is 14.9 Å². The highest BCUT2D eigenvalue weighted by atomic mass is 16.6. The first-order valence-corrected chi connectivity index (χ1v) is 7.45. The molecule has 23 heavy (non-hydrogen) atoms. The highest BCUT2D eigenvalue weighted by Crippen LogP contribution is 2.19. The van der Waals surface area contributed by atoms with Crippen LogP contribution in [-0.2, 0) is 17.8 Å². The maximum absolute atomic E-state index is 12.1. The quantitative estimate of drug-likeness (QED) is 0.695. The van der Waals surface area contributed by atoms with Crippen molar-refractivity contribution in [1.29, 1.82) is 0 Å². The topological polar surface area (TPSA) is 75.5 Å². The summed E-state index contributed by atoms with van der Waals surface area (Å²) >= 11 is 0. The number of nitro groups is 1. The van der Waals surface area contributed by atoms with Crippen LogP contribution in [-0.4, -0.2) is 28.8 Å². The van der Waals surface area contributed by atoms with Gasteiger partial charge in [-0.25, -0.2) is 0 Å². The first kappa shape index (κ1) is 15.2. The smallest absolute Gasteiger partial charge is 0.269 e. The highest BCUT2D eigenvalue weighted by Gasteiger charge is 2.18. The van der Waals surface area contributed by atoms with Crippen LogP contribution in [0.25, 0.3) is 0 Å². The van der Waals surface area contributed by atoms with Crippen LogP contribution in [0.3, 0.4) is 0 Å². The van der Waals surface area contributed by atoms with Crippen molar-refractivity contribution in [3.63, 3.8) is 0 Å². The van der Waals surface area contributed by atoms with Gasteiger partial charge < -0.3 is 5.32 Å². The number of hydrogen-bond donors (Lipinski definition) is 1. The minimum absolute atomic E-state index is 0.00985. The second kappa shape index (κ2) is 6.58. The number of nitrogens with zero attached hydrogens (tertiary/aromatic N) is 2. The first-order chi connectivity index (χ1) is 11.1. The summed E-state index contributed by atoms with van der Waals surface area (Å²) in [5.41, 5.74) is 3.19. The molecule has 6 nitrogen and oxygen atoms in total. The van der Waals surface area contributed by atoms with Gasteiger partial charge in [0.1, 0.15) is 0 Å². The van der Waals surface area contributed by atoms with Gasteiger partial charge in [0.2, 0.25) is 5.91 Å². The van der Waals surface area contributed by atoms with Crippen LogP contribution in [0, 0.1) is 10.1 Å². The lowest BCUT2D eigenvalue weighted by molar-refractivity contribution is -0.384. The fourth-order valence-corrected chi connectivity index (χ4v) is 2.76. The van der Waals surface area contributed by atoms with Gasteiger partial charge >= 0.3 is 0 Å². The Kier molecular flexibility index (Phi) is 4.34. The van der Waals surface area contributed by atoms with Crippen molar-refractivity contribution in [2.45, 2.75) is 13.0 Å². The van der Waals surface area contributed by atoms with E-state index in [1.807, 2.05) is 12.1 Å². The van der Waals surface area contributed by atoms with Gasteiger partial charge in [0.25, 0.3) is 5.69 Å². The molecule has 0 radical (unpaired) electrons. The zero-order valence-electron chi connectivity index (χ0n) is 12.6. The number of nitrogens with one attached hydrogen (secondary N) is 1. The molecule has 0 aliphatic carbocycles. The number of benzene rings is 2. The minimum Gasteiger partial charge on any atom is -0.325 e. The van der Waals surface area contributed by atoms with E-state index in [4.69, 9.17) is 0 Å². The number of carbonyl (C=O) groups is 1. The second-order valence-electron chi connectivity index (χ2n) is 5.58. The molecule has 2 aromatic rings. The van der Waals surface area contributed by atoms with Crippen LogP contribution in [0.4, 0.5) is 11.4 Å². The molecule has 1 N–H and O–H groups in total. The van der Waals surface area contributed by atoms with Crippen LogP contribution in [0.1, 0.15) is 11.1 Å². The van der Waals surface area contributed by atoms with E-state index in [0.717, 1.165) is 19.5 Å². The molecular formula is C17H17N3O3. The average molecular weight is 311 g/mol. The van der Waals surface area contributed by atoms with E-state index in [0.29, 0.717) is 12.2 Å². The van der Waals surface area contributed by atoms with Gasteiger partial charge in [-0.1, -0.05) is 24.3 Å². The Labute approximate surface area is 133 Å². The summed E-state index contributed by atoms with van der Waals surface area (Å²) in [6, 6.07) is 14.1. The predicted molar refractivity (Wildman–Crippen MR) is 87.1 cm³/mol. The van der Waals surface area contributed by atoms with Crippen molar-refractivity contribution >= 4 is 17.3 Å². The molecular weight excluding hydrogens is 294 g/mol. The Hall–Kier alpha value is -2.73. The van der Waals surface area contributed by atoms with E-state index < -0.39 is 4.92 Å². The molecule has 3 rings (SSSR count). The molecule has 0 atom stereocenters. The third-order valence-electron chi connectivity index (χ3n) is 3.94. The van der Waals surface area contributed by atoms with Gasteiger partial charge in [-0.3, -0.25) is 19.8 Å². The molecule has 2 aromatic carbocycles. The SMILES string of the molecule is O=C(CN1CCc2ccccc2C1)Nc1ccc([N+](=O)[O-])cc1. The standard InChI is InChI=1S/C17H17N3O3/c21-17(18-15-5-7-16(8-6-15)20(22)23)12-19-10-9-13-3-1-2-4-14(13)11-19/h1-8H,9-12H2,(H,18,21). The minimum atomic E-state index is -0.462. The third-order valence-corrected chi connectivity index (χ3v) is 3.94. The van der Waals surface area contributed by atoms with Gasteiger partial charge in [-0.15, -0.1) is 0 Å². The molecule has 1 amide bonds. The van der Waals surface area contributed by atoms with E-state index in [-0.39, 0.29) is 11.6 Å². The first-order valence-electron chi connectivity index (χ1n) is 7.45. The number of anilines is 1. The van der Waals surface area contributed by atoms with Crippen molar-refractivity contribution in [3.8, 4) is 0 Å². The molecule has 1 heterocycles. The molecule has 0 fully saturated rings. The predicted octanol–water partition coefficient (Wildman–Crippen LogP) is 2.59. The summed E-state index contributed by atoms with van der Waals surface area (Å²) in [5, 5.41) is 13.4. The summed E-state index contributed by atoms with van der Waals surface area (Å²) in [5.74, 6) is -0.113. The Morgan fingerprint density at radius 2 is 1.83 bits per heavy atom. The molecule has 6 heteroatoms. The van der Waals surface area contributed by atoms with Crippen molar-refractivity contribution in [2.75, 3.05) is 18.4 Å². The lowest BCUT2D eigenvalue weighted by Crippen LogP contribution is -2.37. The maximum Gasteiger partial charge on any atom is 0.269 e. The summed E-state index contributed by atoms with van der Waals surface area (Å²) < 4.78 is 0. The van der Waals surface area contributed by atoms with Crippen molar-refractivity contribution < 1.29 is 9.72 Å². The lowest BCUT2D eigenvalue weighted by atomic mass is 10.00. The summed E-state index contributed by atoms with van der Waals surface area (Å²) in [4.78, 5) is 24.4.